The van der Waals surface area contributed by atoms with Crippen LogP contribution >= 0.6 is 27.3 Å². The first-order chi connectivity index (χ1) is 7.81. The van der Waals surface area contributed by atoms with E-state index in [1.165, 1.54) is 4.31 Å². The van der Waals surface area contributed by atoms with Crippen molar-refractivity contribution in [1.82, 2.24) is 9.03 Å². The van der Waals surface area contributed by atoms with Crippen molar-refractivity contribution in [3.8, 4) is 0 Å². The third-order valence-electron chi connectivity index (χ3n) is 2.68. The normalized spacial score (nSPS) is 17.4. The van der Waals surface area contributed by atoms with Gasteiger partial charge in [0.05, 0.1) is 0 Å². The third kappa shape index (κ3) is 3.29. The molecule has 0 atom stereocenters. The number of rotatable bonds is 5. The summed E-state index contributed by atoms with van der Waals surface area (Å²) < 4.78 is 28.5. The Kier molecular flexibility index (Phi) is 3.66. The van der Waals surface area contributed by atoms with Crippen LogP contribution in [-0.2, 0) is 15.6 Å². The van der Waals surface area contributed by atoms with Crippen LogP contribution in [-0.4, -0.2) is 32.4 Å². The minimum atomic E-state index is -3.25. The van der Waals surface area contributed by atoms with Crippen LogP contribution in [0.5, 0.6) is 0 Å². The largest absolute Gasteiger partial charge is 0.279 e. The maximum Gasteiger partial charge on any atom is 0.279 e. The molecule has 0 saturated carbocycles. The fourth-order valence-corrected chi connectivity index (χ4v) is 4.24. The highest BCUT2D eigenvalue weighted by atomic mass is 79.9. The molecule has 17 heavy (non-hydrogen) atoms. The van der Waals surface area contributed by atoms with Gasteiger partial charge in [0, 0.05) is 39.8 Å². The summed E-state index contributed by atoms with van der Waals surface area (Å²) >= 11 is 5.05. The van der Waals surface area contributed by atoms with Crippen molar-refractivity contribution in [2.75, 3.05) is 19.6 Å². The zero-order chi connectivity index (χ0) is 12.7. The Labute approximate surface area is 114 Å². The summed E-state index contributed by atoms with van der Waals surface area (Å²) in [7, 11) is -3.25. The van der Waals surface area contributed by atoms with Gasteiger partial charge in [-0.3, -0.25) is 0 Å². The van der Waals surface area contributed by atoms with Gasteiger partial charge in [0.1, 0.15) is 0 Å². The van der Waals surface area contributed by atoms with Crippen LogP contribution in [0.3, 0.4) is 0 Å². The quantitative estimate of drug-likeness (QED) is 0.834. The molecule has 1 N–H and O–H groups in total. The van der Waals surface area contributed by atoms with Crippen LogP contribution in [0.4, 0.5) is 0 Å². The van der Waals surface area contributed by atoms with E-state index < -0.39 is 10.2 Å². The topological polar surface area (TPSA) is 49.2 Å². The number of nitrogens with zero attached hydrogens (tertiary/aromatic N) is 1. The lowest BCUT2D eigenvalue weighted by atomic mass is 9.92. The minimum absolute atomic E-state index is 0.195. The Morgan fingerprint density at radius 1 is 1.53 bits per heavy atom. The van der Waals surface area contributed by atoms with Gasteiger partial charge in [0.2, 0.25) is 0 Å². The van der Waals surface area contributed by atoms with E-state index in [0.717, 1.165) is 9.35 Å². The van der Waals surface area contributed by atoms with Crippen molar-refractivity contribution < 1.29 is 8.42 Å². The molecule has 1 aromatic heterocycles. The Hall–Kier alpha value is 0.0500. The van der Waals surface area contributed by atoms with Crippen LogP contribution in [0.2, 0.25) is 0 Å². The van der Waals surface area contributed by atoms with E-state index in [-0.39, 0.29) is 5.41 Å². The number of hydrogen-bond donors (Lipinski definition) is 1. The SMILES string of the molecule is CC(C)(CNS(=O)(=O)N1CC1)c1cc(Br)cs1. The third-order valence-corrected chi connectivity index (χ3v) is 6.29. The molecule has 0 aromatic carbocycles. The van der Waals surface area contributed by atoms with Crippen molar-refractivity contribution in [3.05, 3.63) is 20.8 Å². The van der Waals surface area contributed by atoms with Crippen LogP contribution in [0.15, 0.2) is 15.9 Å². The molecule has 96 valence electrons. The molecule has 4 nitrogen and oxygen atoms in total. The monoisotopic (exact) mass is 338 g/mol. The number of nitrogens with one attached hydrogen (secondary N) is 1. The molecule has 1 aliphatic heterocycles. The molecular weight excluding hydrogens is 324 g/mol. The Bertz CT molecular complexity index is 506. The van der Waals surface area contributed by atoms with Crippen LogP contribution in [0, 0.1) is 0 Å². The molecule has 7 heteroatoms. The second-order valence-electron chi connectivity index (χ2n) is 4.74. The van der Waals surface area contributed by atoms with Crippen molar-refractivity contribution in [3.63, 3.8) is 0 Å². The smallest absolute Gasteiger partial charge is 0.201 e. The van der Waals surface area contributed by atoms with Crippen LogP contribution < -0.4 is 4.72 Å². The molecule has 1 saturated heterocycles. The van der Waals surface area contributed by atoms with Gasteiger partial charge in [-0.15, -0.1) is 11.3 Å². The molecule has 1 aromatic rings. The van der Waals surface area contributed by atoms with Crippen LogP contribution in [0.25, 0.3) is 0 Å². The maximum absolute atomic E-state index is 11.7. The second-order valence-corrected chi connectivity index (χ2v) is 8.32. The first-order valence-electron chi connectivity index (χ1n) is 5.30. The van der Waals surface area contributed by atoms with E-state index in [0.29, 0.717) is 19.6 Å². The molecule has 1 fully saturated rings. The Morgan fingerprint density at radius 2 is 2.18 bits per heavy atom. The average Bonchev–Trinajstić information content (AvgIpc) is 3.00. The van der Waals surface area contributed by atoms with Gasteiger partial charge in [-0.2, -0.15) is 12.7 Å². The molecule has 0 bridgehead atoms. The summed E-state index contributed by atoms with van der Waals surface area (Å²) in [5.41, 5.74) is -0.195. The average molecular weight is 339 g/mol. The molecule has 1 aliphatic rings. The molecular formula is C10H15BrN2O2S2. The molecule has 2 rings (SSSR count). The van der Waals surface area contributed by atoms with Gasteiger partial charge in [-0.25, -0.2) is 4.72 Å². The Balaban J connectivity index is 2.02. The van der Waals surface area contributed by atoms with E-state index >= 15 is 0 Å². The highest BCUT2D eigenvalue weighted by Gasteiger charge is 2.33. The van der Waals surface area contributed by atoms with Crippen molar-refractivity contribution in [2.24, 2.45) is 0 Å². The fourth-order valence-electron chi connectivity index (χ4n) is 1.40. The standard InChI is InChI=1S/C10H15BrN2O2S2/c1-10(2,9-5-8(11)6-16-9)7-12-17(14,15)13-3-4-13/h5-6,12H,3-4,7H2,1-2H3. The molecule has 0 unspecified atom stereocenters. The highest BCUT2D eigenvalue weighted by molar-refractivity contribution is 9.10. The van der Waals surface area contributed by atoms with Gasteiger partial charge in [-0.05, 0) is 22.0 Å². The summed E-state index contributed by atoms with van der Waals surface area (Å²) in [6.45, 7) is 5.77. The van der Waals surface area contributed by atoms with Gasteiger partial charge < -0.3 is 0 Å². The highest BCUT2D eigenvalue weighted by Crippen LogP contribution is 2.31. The van der Waals surface area contributed by atoms with Crippen molar-refractivity contribution in [2.45, 2.75) is 19.3 Å². The van der Waals surface area contributed by atoms with Gasteiger partial charge in [-0.1, -0.05) is 13.8 Å². The zero-order valence-corrected chi connectivity index (χ0v) is 13.0. The summed E-state index contributed by atoms with van der Waals surface area (Å²) in [5.74, 6) is 0. The molecule has 0 spiro atoms. The van der Waals surface area contributed by atoms with Gasteiger partial charge in [0.15, 0.2) is 0 Å². The number of hydrogen-bond acceptors (Lipinski definition) is 3. The predicted octanol–water partition coefficient (Wildman–Crippen LogP) is 1.94. The van der Waals surface area contributed by atoms with E-state index in [2.05, 4.69) is 20.7 Å². The lowest BCUT2D eigenvalue weighted by Crippen LogP contribution is -2.39. The minimum Gasteiger partial charge on any atom is -0.201 e. The Morgan fingerprint density at radius 3 is 2.65 bits per heavy atom. The second kappa shape index (κ2) is 4.62. The van der Waals surface area contributed by atoms with Gasteiger partial charge >= 0.3 is 0 Å². The lowest BCUT2D eigenvalue weighted by molar-refractivity contribution is 0.495. The molecule has 0 radical (unpaired) electrons. The molecule has 0 amide bonds. The first-order valence-corrected chi connectivity index (χ1v) is 8.42. The fraction of sp³-hybridized carbons (Fsp3) is 0.600. The van der Waals surface area contributed by atoms with Gasteiger partial charge in [0.25, 0.3) is 10.2 Å². The summed E-state index contributed by atoms with van der Waals surface area (Å²) in [4.78, 5) is 1.16. The number of thiophene rings is 1. The van der Waals surface area contributed by atoms with Crippen molar-refractivity contribution >= 4 is 37.5 Å². The molecule has 2 heterocycles. The summed E-state index contributed by atoms with van der Waals surface area (Å²) in [5, 5.41) is 2.01. The van der Waals surface area contributed by atoms with E-state index in [9.17, 15) is 8.42 Å². The van der Waals surface area contributed by atoms with E-state index in [1.807, 2.05) is 25.3 Å². The maximum atomic E-state index is 11.7. The van der Waals surface area contributed by atoms with Crippen LogP contribution in [0.1, 0.15) is 18.7 Å². The number of halogens is 1. The first kappa shape index (κ1) is 13.5. The summed E-state index contributed by atoms with van der Waals surface area (Å²) in [6.07, 6.45) is 0. The van der Waals surface area contributed by atoms with Crippen molar-refractivity contribution in [1.29, 1.82) is 0 Å². The predicted molar refractivity (Wildman–Crippen MR) is 73.5 cm³/mol. The molecule has 0 aliphatic carbocycles. The van der Waals surface area contributed by atoms with E-state index in [1.54, 1.807) is 11.3 Å². The zero-order valence-electron chi connectivity index (χ0n) is 9.73. The summed E-state index contributed by atoms with van der Waals surface area (Å²) in [6, 6.07) is 2.04. The lowest BCUT2D eigenvalue weighted by Gasteiger charge is -2.23. The van der Waals surface area contributed by atoms with E-state index in [4.69, 9.17) is 0 Å².